The van der Waals surface area contributed by atoms with Gasteiger partial charge >= 0.3 is 0 Å². The van der Waals surface area contributed by atoms with Gasteiger partial charge in [-0.05, 0) is 18.7 Å². The second kappa shape index (κ2) is 6.99. The maximum Gasteiger partial charge on any atom is 0.00694 e. The molecule has 2 heteroatoms. The van der Waals surface area contributed by atoms with E-state index in [2.05, 4.69) is 30.6 Å². The topological polar surface area (TPSA) is 3.24 Å². The highest BCUT2D eigenvalue weighted by molar-refractivity contribution is 7.99. The monoisotopic (exact) mass is 175 g/mol. The first-order valence-corrected chi connectivity index (χ1v) is 5.71. The minimum Gasteiger partial charge on any atom is -0.305 e. The summed E-state index contributed by atoms with van der Waals surface area (Å²) in [5, 5.41) is 0. The van der Waals surface area contributed by atoms with Crippen molar-refractivity contribution in [3.8, 4) is 0 Å². The van der Waals surface area contributed by atoms with E-state index in [4.69, 9.17) is 0 Å². The fourth-order valence-corrected chi connectivity index (χ4v) is 2.30. The molecule has 0 radical (unpaired) electrons. The van der Waals surface area contributed by atoms with E-state index >= 15 is 0 Å². The van der Waals surface area contributed by atoms with Crippen LogP contribution >= 0.6 is 11.8 Å². The molecule has 1 heterocycles. The van der Waals surface area contributed by atoms with Crippen LogP contribution in [0.25, 0.3) is 0 Å². The molecule has 0 saturated carbocycles. The van der Waals surface area contributed by atoms with Crippen LogP contribution in [-0.2, 0) is 0 Å². The molecule has 1 nitrogen and oxygen atoms in total. The van der Waals surface area contributed by atoms with E-state index in [9.17, 15) is 0 Å². The number of hydrogen-bond acceptors (Lipinski definition) is 2. The van der Waals surface area contributed by atoms with Gasteiger partial charge in [-0.25, -0.2) is 0 Å². The van der Waals surface area contributed by atoms with Crippen LogP contribution in [-0.4, -0.2) is 36.5 Å². The zero-order chi connectivity index (χ0) is 8.69. The molecular formula is C9H21NS. The molecule has 0 N–H and O–H groups in total. The fourth-order valence-electron chi connectivity index (χ4n) is 1.18. The van der Waals surface area contributed by atoms with Crippen LogP contribution in [0.5, 0.6) is 0 Å². The van der Waals surface area contributed by atoms with Gasteiger partial charge in [0.1, 0.15) is 0 Å². The minimum atomic E-state index is 0.891. The molecule has 68 valence electrons. The van der Waals surface area contributed by atoms with E-state index in [1.54, 1.807) is 0 Å². The van der Waals surface area contributed by atoms with E-state index in [0.717, 1.165) is 5.92 Å². The van der Waals surface area contributed by atoms with Gasteiger partial charge in [0.2, 0.25) is 0 Å². The lowest BCUT2D eigenvalue weighted by Gasteiger charge is -2.14. The molecule has 0 aromatic heterocycles. The summed E-state index contributed by atoms with van der Waals surface area (Å²) < 4.78 is 0. The summed E-state index contributed by atoms with van der Waals surface area (Å²) in [5.74, 6) is 3.56. The third-order valence-electron chi connectivity index (χ3n) is 1.64. The van der Waals surface area contributed by atoms with Gasteiger partial charge in [-0.3, -0.25) is 0 Å². The Balaban J connectivity index is 0.000000461. The van der Waals surface area contributed by atoms with Crippen LogP contribution in [0.2, 0.25) is 0 Å². The van der Waals surface area contributed by atoms with Crippen LogP contribution in [0.15, 0.2) is 0 Å². The van der Waals surface area contributed by atoms with Crippen molar-refractivity contribution in [2.45, 2.75) is 20.8 Å². The lowest BCUT2D eigenvalue weighted by atomic mass is 10.2. The third-order valence-corrected chi connectivity index (χ3v) is 2.92. The highest BCUT2D eigenvalue weighted by Gasteiger charge is 2.10. The van der Waals surface area contributed by atoms with Gasteiger partial charge in [-0.1, -0.05) is 20.8 Å². The molecule has 1 aliphatic heterocycles. The Labute approximate surface area is 75.5 Å². The lowest BCUT2D eigenvalue weighted by molar-refractivity contribution is 0.321. The van der Waals surface area contributed by atoms with Crippen molar-refractivity contribution < 1.29 is 0 Å². The van der Waals surface area contributed by atoms with Crippen molar-refractivity contribution in [2.24, 2.45) is 5.92 Å². The van der Waals surface area contributed by atoms with E-state index in [0.29, 0.717) is 0 Å². The molecule has 11 heavy (non-hydrogen) atoms. The first-order chi connectivity index (χ1) is 5.29. The van der Waals surface area contributed by atoms with Gasteiger partial charge in [0, 0.05) is 18.8 Å². The van der Waals surface area contributed by atoms with Crippen molar-refractivity contribution in [3.05, 3.63) is 0 Å². The maximum atomic E-state index is 2.42. The molecule has 1 fully saturated rings. The quantitative estimate of drug-likeness (QED) is 0.556. The van der Waals surface area contributed by atoms with E-state index in [-0.39, 0.29) is 0 Å². The largest absolute Gasteiger partial charge is 0.305 e. The fraction of sp³-hybridized carbons (Fsp3) is 1.00. The van der Waals surface area contributed by atoms with Crippen molar-refractivity contribution in [1.82, 2.24) is 4.90 Å². The number of rotatable bonds is 0. The van der Waals surface area contributed by atoms with E-state index in [1.165, 1.54) is 24.6 Å². The van der Waals surface area contributed by atoms with Crippen LogP contribution in [0, 0.1) is 5.92 Å². The molecule has 1 aliphatic rings. The van der Waals surface area contributed by atoms with Gasteiger partial charge in [0.15, 0.2) is 0 Å². The predicted molar refractivity (Wildman–Crippen MR) is 55.3 cm³/mol. The van der Waals surface area contributed by atoms with Gasteiger partial charge < -0.3 is 4.90 Å². The lowest BCUT2D eigenvalue weighted by Crippen LogP contribution is -2.24. The standard InChI is InChI=1S/C7H15NS.C2H6/c1-7-5-8(2)3-4-9-6-7;1-2/h7H,3-6H2,1-2H3;1-2H3. The van der Waals surface area contributed by atoms with Gasteiger partial charge in [0.25, 0.3) is 0 Å². The van der Waals surface area contributed by atoms with Gasteiger partial charge in [-0.2, -0.15) is 11.8 Å². The number of thioether (sulfide) groups is 1. The summed E-state index contributed by atoms with van der Waals surface area (Å²) in [7, 11) is 2.21. The maximum absolute atomic E-state index is 2.42. The Morgan fingerprint density at radius 3 is 2.64 bits per heavy atom. The molecular weight excluding hydrogens is 154 g/mol. The van der Waals surface area contributed by atoms with Gasteiger partial charge in [-0.15, -0.1) is 0 Å². The normalized spacial score (nSPS) is 26.7. The van der Waals surface area contributed by atoms with Crippen molar-refractivity contribution >= 4 is 11.8 Å². The zero-order valence-electron chi connectivity index (χ0n) is 8.26. The van der Waals surface area contributed by atoms with E-state index < -0.39 is 0 Å². The molecule has 1 unspecified atom stereocenters. The van der Waals surface area contributed by atoms with Crippen molar-refractivity contribution in [1.29, 1.82) is 0 Å². The smallest absolute Gasteiger partial charge is 0.00694 e. The highest BCUT2D eigenvalue weighted by atomic mass is 32.2. The highest BCUT2D eigenvalue weighted by Crippen LogP contribution is 2.13. The molecule has 0 amide bonds. The second-order valence-corrected chi connectivity index (χ2v) is 4.09. The summed E-state index contributed by atoms with van der Waals surface area (Å²) in [6.07, 6.45) is 0. The molecule has 0 aliphatic carbocycles. The molecule has 1 saturated heterocycles. The van der Waals surface area contributed by atoms with Crippen LogP contribution in [0.1, 0.15) is 20.8 Å². The first kappa shape index (κ1) is 11.3. The Bertz CT molecular complexity index is 75.6. The SMILES string of the molecule is CC.CC1CSCCN(C)C1. The Kier molecular flexibility index (Phi) is 7.18. The summed E-state index contributed by atoms with van der Waals surface area (Å²) >= 11 is 2.09. The summed E-state index contributed by atoms with van der Waals surface area (Å²) in [4.78, 5) is 2.42. The Morgan fingerprint density at radius 1 is 1.36 bits per heavy atom. The molecule has 0 spiro atoms. The van der Waals surface area contributed by atoms with Crippen molar-refractivity contribution in [2.75, 3.05) is 31.6 Å². The minimum absolute atomic E-state index is 0.891. The molecule has 1 rings (SSSR count). The van der Waals surface area contributed by atoms with Crippen LogP contribution in [0.3, 0.4) is 0 Å². The molecule has 1 atom stereocenters. The predicted octanol–water partition coefficient (Wildman–Crippen LogP) is 2.33. The first-order valence-electron chi connectivity index (χ1n) is 4.55. The van der Waals surface area contributed by atoms with Crippen LogP contribution in [0.4, 0.5) is 0 Å². The second-order valence-electron chi connectivity index (χ2n) is 2.94. The molecule has 0 bridgehead atoms. The number of nitrogens with zero attached hydrogens (tertiary/aromatic N) is 1. The summed E-state index contributed by atoms with van der Waals surface area (Å²) in [6, 6.07) is 0. The number of hydrogen-bond donors (Lipinski definition) is 0. The zero-order valence-corrected chi connectivity index (χ0v) is 9.08. The Hall–Kier alpha value is 0.310. The summed E-state index contributed by atoms with van der Waals surface area (Å²) in [5.41, 5.74) is 0. The van der Waals surface area contributed by atoms with Crippen molar-refractivity contribution in [3.63, 3.8) is 0 Å². The molecule has 0 aromatic rings. The van der Waals surface area contributed by atoms with Crippen LogP contribution < -0.4 is 0 Å². The Morgan fingerprint density at radius 2 is 2.00 bits per heavy atom. The van der Waals surface area contributed by atoms with E-state index in [1.807, 2.05) is 13.8 Å². The van der Waals surface area contributed by atoms with Gasteiger partial charge in [0.05, 0.1) is 0 Å². The average Bonchev–Trinajstić information content (AvgIpc) is 2.18. The summed E-state index contributed by atoms with van der Waals surface area (Å²) in [6.45, 7) is 8.89. The average molecular weight is 175 g/mol. The molecule has 0 aromatic carbocycles. The third kappa shape index (κ3) is 5.57.